The maximum absolute atomic E-state index is 2.30. The summed E-state index contributed by atoms with van der Waals surface area (Å²) in [5.41, 5.74) is 0. The average molecular weight is 519 g/mol. The fourth-order valence-corrected chi connectivity index (χ4v) is 4.73. The van der Waals surface area contributed by atoms with Crippen molar-refractivity contribution < 1.29 is 21.5 Å². The molecule has 0 atom stereocenters. The van der Waals surface area contributed by atoms with Crippen molar-refractivity contribution in [3.05, 3.63) is 0 Å². The molecule has 0 aromatic heterocycles. The largest absolute Gasteiger partial charge is 1.00 e. The predicted octanol–water partition coefficient (Wildman–Crippen LogP) is 7.47. The lowest BCUT2D eigenvalue weighted by molar-refractivity contribution is -0.870. The standard InChI is InChI=1S/C30H64N.BrH/c1-5-6-7-8-9-10-11-12-13-14-15-16-17-18-19-20-21-22-23-24-25-26-27-28-29-30-31(2,3)4;/h5-30H2,1-4H3;1H/q+1;/p-1. The van der Waals surface area contributed by atoms with Crippen LogP contribution in [0.2, 0.25) is 0 Å². The smallest absolute Gasteiger partial charge is 0.0780 e. The summed E-state index contributed by atoms with van der Waals surface area (Å²) in [6.45, 7) is 3.64. The molecule has 0 bridgehead atoms. The Morgan fingerprint density at radius 3 is 0.688 bits per heavy atom. The van der Waals surface area contributed by atoms with Gasteiger partial charge in [-0.05, 0) is 12.8 Å². The molecule has 0 N–H and O–H groups in total. The van der Waals surface area contributed by atoms with Crippen LogP contribution in [-0.2, 0) is 0 Å². The zero-order chi connectivity index (χ0) is 22.9. The third kappa shape index (κ3) is 32.6. The summed E-state index contributed by atoms with van der Waals surface area (Å²) < 4.78 is 1.12. The predicted molar refractivity (Wildman–Crippen MR) is 144 cm³/mol. The van der Waals surface area contributed by atoms with Crippen LogP contribution in [0.15, 0.2) is 0 Å². The van der Waals surface area contributed by atoms with Crippen LogP contribution in [0.4, 0.5) is 0 Å². The second-order valence-electron chi connectivity index (χ2n) is 11.5. The molecular formula is C30H64BrN. The molecule has 1 nitrogen and oxygen atoms in total. The molecule has 196 valence electrons. The lowest BCUT2D eigenvalue weighted by Crippen LogP contribution is -3.00. The third-order valence-corrected chi connectivity index (χ3v) is 6.93. The molecule has 0 saturated heterocycles. The van der Waals surface area contributed by atoms with E-state index in [0.29, 0.717) is 0 Å². The van der Waals surface area contributed by atoms with Crippen molar-refractivity contribution in [1.29, 1.82) is 0 Å². The summed E-state index contributed by atoms with van der Waals surface area (Å²) in [4.78, 5) is 0. The van der Waals surface area contributed by atoms with Gasteiger partial charge in [-0.1, -0.05) is 155 Å². The van der Waals surface area contributed by atoms with Gasteiger partial charge in [0.15, 0.2) is 0 Å². The van der Waals surface area contributed by atoms with Gasteiger partial charge < -0.3 is 21.5 Å². The Bertz CT molecular complexity index is 323. The monoisotopic (exact) mass is 517 g/mol. The molecule has 0 radical (unpaired) electrons. The lowest BCUT2D eigenvalue weighted by atomic mass is 10.0. The molecule has 0 saturated carbocycles. The number of nitrogens with zero attached hydrogens (tertiary/aromatic N) is 1. The van der Waals surface area contributed by atoms with E-state index < -0.39 is 0 Å². The number of hydrogen-bond acceptors (Lipinski definition) is 0. The molecular weight excluding hydrogens is 454 g/mol. The van der Waals surface area contributed by atoms with Crippen LogP contribution in [0, 0.1) is 0 Å². The molecule has 0 unspecified atom stereocenters. The highest BCUT2D eigenvalue weighted by molar-refractivity contribution is 4.51. The van der Waals surface area contributed by atoms with Gasteiger partial charge in [-0.15, -0.1) is 0 Å². The second-order valence-corrected chi connectivity index (χ2v) is 11.5. The zero-order valence-electron chi connectivity index (χ0n) is 23.2. The molecule has 0 aliphatic carbocycles. The van der Waals surface area contributed by atoms with Crippen molar-refractivity contribution >= 4 is 0 Å². The summed E-state index contributed by atoms with van der Waals surface area (Å²) in [7, 11) is 6.91. The van der Waals surface area contributed by atoms with E-state index in [9.17, 15) is 0 Å². The van der Waals surface area contributed by atoms with Gasteiger partial charge in [0.05, 0.1) is 27.7 Å². The maximum Gasteiger partial charge on any atom is 0.0780 e. The van der Waals surface area contributed by atoms with E-state index in [-0.39, 0.29) is 17.0 Å². The number of halogens is 1. The summed E-state index contributed by atoms with van der Waals surface area (Å²) in [5, 5.41) is 0. The first kappa shape index (κ1) is 34.6. The van der Waals surface area contributed by atoms with Gasteiger partial charge in [0.25, 0.3) is 0 Å². The van der Waals surface area contributed by atoms with E-state index in [2.05, 4.69) is 28.1 Å². The van der Waals surface area contributed by atoms with E-state index in [4.69, 9.17) is 0 Å². The van der Waals surface area contributed by atoms with Crippen molar-refractivity contribution in [1.82, 2.24) is 0 Å². The Labute approximate surface area is 216 Å². The normalized spacial score (nSPS) is 11.6. The average Bonchev–Trinajstić information content (AvgIpc) is 2.73. The number of unbranched alkanes of at least 4 members (excludes halogenated alkanes) is 24. The van der Waals surface area contributed by atoms with E-state index in [1.54, 1.807) is 0 Å². The molecule has 2 heteroatoms. The fraction of sp³-hybridized carbons (Fsp3) is 1.00. The van der Waals surface area contributed by atoms with Gasteiger partial charge >= 0.3 is 0 Å². The van der Waals surface area contributed by atoms with E-state index in [1.165, 1.54) is 167 Å². The van der Waals surface area contributed by atoms with Crippen molar-refractivity contribution in [2.75, 3.05) is 27.7 Å². The summed E-state index contributed by atoms with van der Waals surface area (Å²) in [5.74, 6) is 0. The third-order valence-electron chi connectivity index (χ3n) is 6.93. The van der Waals surface area contributed by atoms with Crippen LogP contribution in [0.3, 0.4) is 0 Å². The van der Waals surface area contributed by atoms with Crippen LogP contribution in [0.1, 0.15) is 167 Å². The van der Waals surface area contributed by atoms with Crippen LogP contribution in [0.25, 0.3) is 0 Å². The Hall–Kier alpha value is 0.440. The minimum absolute atomic E-state index is 0. The van der Waals surface area contributed by atoms with Crippen LogP contribution >= 0.6 is 0 Å². The first-order valence-corrected chi connectivity index (χ1v) is 14.9. The van der Waals surface area contributed by atoms with Gasteiger partial charge in [0.1, 0.15) is 0 Å². The molecule has 0 amide bonds. The first-order valence-electron chi connectivity index (χ1n) is 14.9. The molecule has 0 aliphatic rings. The molecule has 0 aromatic rings. The van der Waals surface area contributed by atoms with Crippen molar-refractivity contribution in [3.8, 4) is 0 Å². The van der Waals surface area contributed by atoms with E-state index in [1.807, 2.05) is 0 Å². The van der Waals surface area contributed by atoms with Crippen molar-refractivity contribution in [2.24, 2.45) is 0 Å². The first-order chi connectivity index (χ1) is 15.1. The number of rotatable bonds is 26. The van der Waals surface area contributed by atoms with Crippen LogP contribution in [0.5, 0.6) is 0 Å². The number of quaternary nitrogens is 1. The highest BCUT2D eigenvalue weighted by Gasteiger charge is 2.05. The molecule has 0 spiro atoms. The minimum Gasteiger partial charge on any atom is -1.00 e. The van der Waals surface area contributed by atoms with E-state index in [0.717, 1.165) is 4.48 Å². The van der Waals surface area contributed by atoms with Crippen LogP contribution < -0.4 is 17.0 Å². The summed E-state index contributed by atoms with van der Waals surface area (Å²) >= 11 is 0. The molecule has 0 fully saturated rings. The lowest BCUT2D eigenvalue weighted by Gasteiger charge is -2.23. The Morgan fingerprint density at radius 1 is 0.312 bits per heavy atom. The second kappa shape index (κ2) is 27.7. The fourth-order valence-electron chi connectivity index (χ4n) is 4.73. The van der Waals surface area contributed by atoms with Gasteiger partial charge in [-0.25, -0.2) is 0 Å². The van der Waals surface area contributed by atoms with Gasteiger partial charge in [0, 0.05) is 0 Å². The van der Waals surface area contributed by atoms with Crippen LogP contribution in [-0.4, -0.2) is 32.2 Å². The van der Waals surface area contributed by atoms with Crippen molar-refractivity contribution in [3.63, 3.8) is 0 Å². The Kier molecular flexibility index (Phi) is 29.9. The maximum atomic E-state index is 2.30. The molecule has 0 rings (SSSR count). The summed E-state index contributed by atoms with van der Waals surface area (Å²) in [6.07, 6.45) is 36.8. The van der Waals surface area contributed by atoms with Gasteiger partial charge in [-0.3, -0.25) is 0 Å². The number of hydrogen-bond donors (Lipinski definition) is 0. The molecule has 0 heterocycles. The molecule has 0 aliphatic heterocycles. The SMILES string of the molecule is CCCCCCCCCCCCCCCCCCCCCCCCCCC[N+](C)(C)C.[Br-]. The highest BCUT2D eigenvalue weighted by atomic mass is 79.9. The topological polar surface area (TPSA) is 0 Å². The highest BCUT2D eigenvalue weighted by Crippen LogP contribution is 2.15. The summed E-state index contributed by atoms with van der Waals surface area (Å²) in [6, 6.07) is 0. The van der Waals surface area contributed by atoms with E-state index >= 15 is 0 Å². The quantitative estimate of drug-likeness (QED) is 0.0823. The Morgan fingerprint density at radius 2 is 0.500 bits per heavy atom. The molecule has 32 heavy (non-hydrogen) atoms. The van der Waals surface area contributed by atoms with Crippen molar-refractivity contribution in [2.45, 2.75) is 167 Å². The minimum atomic E-state index is 0. The zero-order valence-corrected chi connectivity index (χ0v) is 24.8. The Balaban J connectivity index is 0. The van der Waals surface area contributed by atoms with Gasteiger partial charge in [0.2, 0.25) is 0 Å². The van der Waals surface area contributed by atoms with Gasteiger partial charge in [-0.2, -0.15) is 0 Å². The molecule has 0 aromatic carbocycles.